The number of oxime groups is 1. The Morgan fingerprint density at radius 3 is 2.66 bits per heavy atom. The van der Waals surface area contributed by atoms with Gasteiger partial charge in [0, 0.05) is 17.6 Å². The zero-order chi connectivity index (χ0) is 20.7. The van der Waals surface area contributed by atoms with Crippen molar-refractivity contribution in [1.82, 2.24) is 0 Å². The van der Waals surface area contributed by atoms with Crippen molar-refractivity contribution in [2.45, 2.75) is 4.90 Å². The second-order valence-corrected chi connectivity index (χ2v) is 8.86. The SMILES string of the molecule is CN(c1ccccc1)S(=O)(=O)c1cccc(NC(=O)CO/N=C/c2cccs2)c1. The standard InChI is InChI=1S/C20H19N3O4S2/c1-23(17-8-3-2-4-9-17)29(25,26)19-11-5-7-16(13-19)22-20(24)15-27-21-14-18-10-6-12-28-18/h2-14H,15H2,1H3,(H,22,24)/b21-14+. The van der Waals surface area contributed by atoms with Crippen LogP contribution >= 0.6 is 11.3 Å². The Balaban J connectivity index is 1.63. The maximum absolute atomic E-state index is 12.9. The van der Waals surface area contributed by atoms with Crippen LogP contribution < -0.4 is 9.62 Å². The third-order valence-corrected chi connectivity index (χ3v) is 6.48. The van der Waals surface area contributed by atoms with Gasteiger partial charge < -0.3 is 10.2 Å². The third kappa shape index (κ3) is 5.43. The fourth-order valence-corrected chi connectivity index (χ4v) is 4.23. The van der Waals surface area contributed by atoms with Crippen LogP contribution in [-0.2, 0) is 19.7 Å². The quantitative estimate of drug-likeness (QED) is 0.438. The highest BCUT2D eigenvalue weighted by atomic mass is 32.2. The van der Waals surface area contributed by atoms with Gasteiger partial charge in [-0.1, -0.05) is 35.5 Å². The van der Waals surface area contributed by atoms with Crippen molar-refractivity contribution in [3.63, 3.8) is 0 Å². The van der Waals surface area contributed by atoms with Gasteiger partial charge in [0.2, 0.25) is 0 Å². The number of hydrogen-bond acceptors (Lipinski definition) is 6. The van der Waals surface area contributed by atoms with Crippen LogP contribution in [0.3, 0.4) is 0 Å². The zero-order valence-electron chi connectivity index (χ0n) is 15.6. The summed E-state index contributed by atoms with van der Waals surface area (Å²) in [4.78, 5) is 18.0. The molecule has 3 rings (SSSR count). The van der Waals surface area contributed by atoms with E-state index >= 15 is 0 Å². The Morgan fingerprint density at radius 1 is 1.14 bits per heavy atom. The molecule has 3 aromatic rings. The summed E-state index contributed by atoms with van der Waals surface area (Å²) in [5.41, 5.74) is 0.891. The highest BCUT2D eigenvalue weighted by molar-refractivity contribution is 7.92. The van der Waals surface area contributed by atoms with E-state index < -0.39 is 15.9 Å². The lowest BCUT2D eigenvalue weighted by Crippen LogP contribution is -2.26. The molecule has 29 heavy (non-hydrogen) atoms. The monoisotopic (exact) mass is 429 g/mol. The summed E-state index contributed by atoms with van der Waals surface area (Å²) in [7, 11) is -2.29. The molecule has 0 aliphatic carbocycles. The lowest BCUT2D eigenvalue weighted by molar-refractivity contribution is -0.120. The Hall–Kier alpha value is -3.17. The molecular weight excluding hydrogens is 410 g/mol. The average molecular weight is 430 g/mol. The first-order valence-electron chi connectivity index (χ1n) is 8.59. The van der Waals surface area contributed by atoms with E-state index in [9.17, 15) is 13.2 Å². The Morgan fingerprint density at radius 2 is 1.93 bits per heavy atom. The first kappa shape index (κ1) is 20.6. The summed E-state index contributed by atoms with van der Waals surface area (Å²) in [5.74, 6) is -0.445. The number of amides is 1. The number of anilines is 2. The van der Waals surface area contributed by atoms with Gasteiger partial charge in [0.1, 0.15) is 0 Å². The normalized spacial score (nSPS) is 11.3. The van der Waals surface area contributed by atoms with Gasteiger partial charge in [-0.3, -0.25) is 9.10 Å². The van der Waals surface area contributed by atoms with Crippen LogP contribution in [0.1, 0.15) is 4.88 Å². The number of hydrogen-bond donors (Lipinski definition) is 1. The Bertz CT molecular complexity index is 1080. The van der Waals surface area contributed by atoms with Crippen LogP contribution in [0.15, 0.2) is 82.2 Å². The molecule has 1 heterocycles. The van der Waals surface area contributed by atoms with Gasteiger partial charge in [0.05, 0.1) is 16.8 Å². The zero-order valence-corrected chi connectivity index (χ0v) is 17.2. The van der Waals surface area contributed by atoms with Crippen LogP contribution in [0.5, 0.6) is 0 Å². The number of sulfonamides is 1. The van der Waals surface area contributed by atoms with E-state index in [4.69, 9.17) is 4.84 Å². The molecule has 0 spiro atoms. The van der Waals surface area contributed by atoms with E-state index in [2.05, 4.69) is 10.5 Å². The van der Waals surface area contributed by atoms with Crippen molar-refractivity contribution in [1.29, 1.82) is 0 Å². The van der Waals surface area contributed by atoms with Crippen molar-refractivity contribution >= 4 is 44.9 Å². The number of nitrogens with one attached hydrogen (secondary N) is 1. The van der Waals surface area contributed by atoms with Gasteiger partial charge in [-0.25, -0.2) is 8.42 Å². The molecule has 150 valence electrons. The minimum Gasteiger partial charge on any atom is -0.386 e. The molecule has 1 N–H and O–H groups in total. The summed E-state index contributed by atoms with van der Waals surface area (Å²) in [6, 6.07) is 18.6. The third-order valence-electron chi connectivity index (χ3n) is 3.89. The van der Waals surface area contributed by atoms with Crippen molar-refractivity contribution in [2.75, 3.05) is 23.3 Å². The van der Waals surface area contributed by atoms with Gasteiger partial charge in [-0.05, 0) is 41.8 Å². The minimum absolute atomic E-state index is 0.0679. The van der Waals surface area contributed by atoms with E-state index in [0.29, 0.717) is 11.4 Å². The van der Waals surface area contributed by atoms with E-state index in [1.807, 2.05) is 23.6 Å². The maximum atomic E-state index is 12.9. The smallest absolute Gasteiger partial charge is 0.265 e. The predicted molar refractivity (Wildman–Crippen MR) is 115 cm³/mol. The molecule has 1 aromatic heterocycles. The van der Waals surface area contributed by atoms with E-state index in [1.165, 1.54) is 41.0 Å². The van der Waals surface area contributed by atoms with Crippen LogP contribution in [0.4, 0.5) is 11.4 Å². The largest absolute Gasteiger partial charge is 0.386 e. The average Bonchev–Trinajstić information content (AvgIpc) is 3.25. The Kier molecular flexibility index (Phi) is 6.63. The first-order valence-corrected chi connectivity index (χ1v) is 10.9. The number of carbonyl (C=O) groups is 1. The van der Waals surface area contributed by atoms with Crippen LogP contribution in [0, 0.1) is 0 Å². The summed E-state index contributed by atoms with van der Waals surface area (Å²) in [6.07, 6.45) is 1.52. The molecule has 0 saturated heterocycles. The number of nitrogens with zero attached hydrogens (tertiary/aromatic N) is 2. The second-order valence-electron chi connectivity index (χ2n) is 5.91. The number of thiophene rings is 1. The van der Waals surface area contributed by atoms with Gasteiger partial charge in [0.25, 0.3) is 15.9 Å². The molecule has 0 radical (unpaired) electrons. The molecule has 2 aromatic carbocycles. The van der Waals surface area contributed by atoms with Gasteiger partial charge in [0.15, 0.2) is 6.61 Å². The molecule has 1 amide bonds. The first-order chi connectivity index (χ1) is 14.0. The highest BCUT2D eigenvalue weighted by Crippen LogP contribution is 2.23. The van der Waals surface area contributed by atoms with Crippen molar-refractivity contribution in [3.8, 4) is 0 Å². The number of benzene rings is 2. The minimum atomic E-state index is -3.77. The van der Waals surface area contributed by atoms with Crippen LogP contribution in [0.25, 0.3) is 0 Å². The molecule has 7 nitrogen and oxygen atoms in total. The number of rotatable bonds is 8. The number of carbonyl (C=O) groups excluding carboxylic acids is 1. The van der Waals surface area contributed by atoms with E-state index in [-0.39, 0.29) is 11.5 Å². The van der Waals surface area contributed by atoms with Crippen LogP contribution in [-0.4, -0.2) is 34.2 Å². The van der Waals surface area contributed by atoms with Crippen molar-refractivity contribution in [3.05, 3.63) is 77.0 Å². The van der Waals surface area contributed by atoms with Gasteiger partial charge in [-0.2, -0.15) is 0 Å². The summed E-state index contributed by atoms with van der Waals surface area (Å²) in [5, 5.41) is 8.25. The van der Waals surface area contributed by atoms with Crippen molar-refractivity contribution < 1.29 is 18.0 Å². The molecule has 0 bridgehead atoms. The fourth-order valence-electron chi connectivity index (χ4n) is 2.42. The predicted octanol–water partition coefficient (Wildman–Crippen LogP) is 3.56. The molecule has 0 aliphatic heterocycles. The lowest BCUT2D eigenvalue weighted by atomic mass is 10.3. The second kappa shape index (κ2) is 9.35. The summed E-state index contributed by atoms with van der Waals surface area (Å²) >= 11 is 1.50. The lowest BCUT2D eigenvalue weighted by Gasteiger charge is -2.19. The molecule has 0 atom stereocenters. The van der Waals surface area contributed by atoms with E-state index in [0.717, 1.165) is 4.88 Å². The van der Waals surface area contributed by atoms with Crippen molar-refractivity contribution in [2.24, 2.45) is 5.16 Å². The summed E-state index contributed by atoms with van der Waals surface area (Å²) < 4.78 is 26.9. The van der Waals surface area contributed by atoms with Gasteiger partial charge in [-0.15, -0.1) is 11.3 Å². The molecule has 0 unspecified atom stereocenters. The summed E-state index contributed by atoms with van der Waals surface area (Å²) in [6.45, 7) is -0.289. The van der Waals surface area contributed by atoms with E-state index in [1.54, 1.807) is 36.4 Å². The molecular formula is C20H19N3O4S2. The molecule has 0 saturated carbocycles. The topological polar surface area (TPSA) is 88.1 Å². The molecule has 0 fully saturated rings. The fraction of sp³-hybridized carbons (Fsp3) is 0.100. The number of para-hydroxylation sites is 1. The van der Waals surface area contributed by atoms with Gasteiger partial charge >= 0.3 is 0 Å². The molecule has 0 aliphatic rings. The Labute approximate surface area is 173 Å². The molecule has 9 heteroatoms. The maximum Gasteiger partial charge on any atom is 0.265 e. The highest BCUT2D eigenvalue weighted by Gasteiger charge is 2.21. The van der Waals surface area contributed by atoms with Crippen LogP contribution in [0.2, 0.25) is 0 Å².